The van der Waals surface area contributed by atoms with Gasteiger partial charge in [-0.2, -0.15) is 4.57 Å². The van der Waals surface area contributed by atoms with Gasteiger partial charge in [-0.15, -0.1) is 9.13 Å². The predicted molar refractivity (Wildman–Crippen MR) is 245 cm³/mol. The van der Waals surface area contributed by atoms with Crippen LogP contribution in [-0.2, 0) is 11.3 Å². The average Bonchev–Trinajstić information content (AvgIpc) is 3.75. The standard InChI is InChI=1S/C56H53N3O/c1-32(2)41-18-14-19-42(33(3)4)50(41)39-22-23-47(35(6)28-39)58-48-21-15-20-43-44-30-40(55(8,9)10)31-45-49-29-38(37-16-12-11-13-17-37)24-25-57(49)56(51(44)45)59(52(43)48)54(58)46-27-34(5)26-36(7)53(46)60-56/h11-33H,1-10H3/q+2/i11D,12D,13D,16D,17D,32D. The van der Waals surface area contributed by atoms with Crippen molar-refractivity contribution in [3.8, 4) is 67.5 Å². The summed E-state index contributed by atoms with van der Waals surface area (Å²) in [5, 5.41) is 0. The van der Waals surface area contributed by atoms with E-state index in [0.29, 0.717) is 5.56 Å². The van der Waals surface area contributed by atoms with E-state index >= 15 is 0 Å². The van der Waals surface area contributed by atoms with Gasteiger partial charge in [0.05, 0.1) is 12.4 Å². The first-order valence-electron chi connectivity index (χ1n) is 24.1. The number of ether oxygens (including phenoxy) is 1. The maximum Gasteiger partial charge on any atom is 0.499 e. The number of rotatable bonds is 5. The van der Waals surface area contributed by atoms with Gasteiger partial charge in [-0.05, 0) is 136 Å². The number of aryl methyl sites for hydroxylation is 3. The van der Waals surface area contributed by atoms with Gasteiger partial charge in [-0.25, -0.2) is 0 Å². The number of nitrogens with zero attached hydrogens (tertiary/aromatic N) is 3. The molecule has 4 nitrogen and oxygen atoms in total. The Morgan fingerprint density at radius 1 is 0.717 bits per heavy atom. The highest BCUT2D eigenvalue weighted by molar-refractivity contribution is 5.98. The van der Waals surface area contributed by atoms with Gasteiger partial charge in [0.15, 0.2) is 23.0 Å². The molecule has 0 bridgehead atoms. The molecule has 1 atom stereocenters. The zero-order chi connectivity index (χ0) is 46.8. The van der Waals surface area contributed by atoms with Gasteiger partial charge in [-0.1, -0.05) is 115 Å². The number of para-hydroxylation sites is 1. The van der Waals surface area contributed by atoms with E-state index in [1.54, 1.807) is 0 Å². The van der Waals surface area contributed by atoms with Crippen LogP contribution in [0.1, 0.15) is 107 Å². The van der Waals surface area contributed by atoms with Gasteiger partial charge in [0, 0.05) is 24.6 Å². The van der Waals surface area contributed by atoms with Crippen molar-refractivity contribution in [3.05, 3.63) is 166 Å². The van der Waals surface area contributed by atoms with Crippen molar-refractivity contribution in [1.29, 1.82) is 0 Å². The fraction of sp³-hybridized carbons (Fsp3) is 0.250. The van der Waals surface area contributed by atoms with Crippen molar-refractivity contribution in [2.24, 2.45) is 0 Å². The summed E-state index contributed by atoms with van der Waals surface area (Å²) in [6.07, 6.45) is 1.98. The third-order valence-electron chi connectivity index (χ3n) is 13.1. The van der Waals surface area contributed by atoms with Crippen LogP contribution in [0.15, 0.2) is 127 Å². The van der Waals surface area contributed by atoms with Crippen LogP contribution < -0.4 is 13.9 Å². The summed E-state index contributed by atoms with van der Waals surface area (Å²) < 4.78 is 67.3. The Morgan fingerprint density at radius 2 is 1.47 bits per heavy atom. The second-order valence-corrected chi connectivity index (χ2v) is 18.6. The molecule has 0 aliphatic carbocycles. The van der Waals surface area contributed by atoms with Crippen LogP contribution >= 0.6 is 0 Å². The fourth-order valence-electron chi connectivity index (χ4n) is 10.4. The Bertz CT molecular complexity index is 3470. The summed E-state index contributed by atoms with van der Waals surface area (Å²) in [6.45, 7) is 21.5. The largest absolute Gasteiger partial charge is 0.499 e. The van der Waals surface area contributed by atoms with Gasteiger partial charge in [0.2, 0.25) is 5.69 Å². The molecule has 1 spiro atoms. The minimum absolute atomic E-state index is 0.161. The number of hydrogen-bond acceptors (Lipinski definition) is 1. The van der Waals surface area contributed by atoms with Crippen molar-refractivity contribution in [3.63, 3.8) is 0 Å². The first-order valence-corrected chi connectivity index (χ1v) is 21.1. The average molecular weight is 790 g/mol. The van der Waals surface area contributed by atoms with E-state index in [-0.39, 0.29) is 41.1 Å². The lowest BCUT2D eigenvalue weighted by Crippen LogP contribution is -2.78. The number of imidazole rings is 1. The van der Waals surface area contributed by atoms with E-state index in [0.717, 1.165) is 101 Å². The Balaban J connectivity index is 1.26. The quantitative estimate of drug-likeness (QED) is 0.159. The summed E-state index contributed by atoms with van der Waals surface area (Å²) >= 11 is 0. The Kier molecular flexibility index (Phi) is 6.47. The molecule has 4 heteroatoms. The van der Waals surface area contributed by atoms with Gasteiger partial charge in [0.1, 0.15) is 16.8 Å². The monoisotopic (exact) mass is 789 g/mol. The fourth-order valence-corrected chi connectivity index (χ4v) is 10.4. The van der Waals surface area contributed by atoms with Crippen LogP contribution in [0.25, 0.3) is 72.7 Å². The molecule has 2 aromatic heterocycles. The van der Waals surface area contributed by atoms with E-state index in [1.165, 1.54) is 5.56 Å². The van der Waals surface area contributed by atoms with Gasteiger partial charge >= 0.3 is 11.7 Å². The number of fused-ring (bicyclic) bond motifs is 5. The van der Waals surface area contributed by atoms with Crippen molar-refractivity contribution in [1.82, 2.24) is 4.57 Å². The highest BCUT2D eigenvalue weighted by atomic mass is 16.5. The Hall–Kier alpha value is -6.26. The maximum atomic E-state index is 9.19. The van der Waals surface area contributed by atoms with Gasteiger partial charge in [-0.3, -0.25) is 0 Å². The lowest BCUT2D eigenvalue weighted by Gasteiger charge is -2.33. The number of aromatic nitrogens is 3. The number of hydrogen-bond donors (Lipinski definition) is 0. The molecule has 0 amide bonds. The zero-order valence-electron chi connectivity index (χ0n) is 42.1. The molecule has 0 N–H and O–H groups in total. The van der Waals surface area contributed by atoms with Crippen molar-refractivity contribution < 1.29 is 22.1 Å². The van der Waals surface area contributed by atoms with E-state index in [2.05, 4.69) is 148 Å². The van der Waals surface area contributed by atoms with Crippen molar-refractivity contribution in [2.75, 3.05) is 0 Å². The van der Waals surface area contributed by atoms with Crippen LogP contribution in [0, 0.1) is 20.8 Å². The van der Waals surface area contributed by atoms with Crippen LogP contribution in [0.3, 0.4) is 0 Å². The van der Waals surface area contributed by atoms with E-state index in [9.17, 15) is 1.37 Å². The molecule has 0 radical (unpaired) electrons. The van der Waals surface area contributed by atoms with E-state index < -0.39 is 17.8 Å². The molecule has 6 aromatic carbocycles. The summed E-state index contributed by atoms with van der Waals surface area (Å²) in [5.74, 6) is -0.0214. The highest BCUT2D eigenvalue weighted by Gasteiger charge is 2.68. The lowest BCUT2D eigenvalue weighted by atomic mass is 9.80. The molecule has 11 rings (SSSR count). The molecule has 0 saturated carbocycles. The topological polar surface area (TPSA) is 21.9 Å². The normalized spacial score (nSPS) is 17.2. The lowest BCUT2D eigenvalue weighted by molar-refractivity contribution is -0.997. The molecule has 0 saturated heterocycles. The van der Waals surface area contributed by atoms with Crippen LogP contribution in [0.2, 0.25) is 0 Å². The van der Waals surface area contributed by atoms with E-state index in [4.69, 9.17) is 11.6 Å². The van der Waals surface area contributed by atoms with Crippen molar-refractivity contribution >= 4 is 11.0 Å². The van der Waals surface area contributed by atoms with Crippen LogP contribution in [-0.4, -0.2) is 4.57 Å². The molecule has 3 aliphatic heterocycles. The van der Waals surface area contributed by atoms with Crippen LogP contribution in [0.5, 0.6) is 5.75 Å². The number of pyridine rings is 1. The minimum Gasteiger partial charge on any atom is -0.392 e. The summed E-state index contributed by atoms with van der Waals surface area (Å²) in [7, 11) is 0. The van der Waals surface area contributed by atoms with Crippen LogP contribution in [0.4, 0.5) is 0 Å². The highest BCUT2D eigenvalue weighted by Crippen LogP contribution is 2.55. The molecule has 8 aromatic rings. The first kappa shape index (κ1) is 30.7. The summed E-state index contributed by atoms with van der Waals surface area (Å²) in [5.41, 5.74) is 18.3. The molecule has 1 unspecified atom stereocenters. The Labute approximate surface area is 362 Å². The van der Waals surface area contributed by atoms with E-state index in [1.807, 2.05) is 32.2 Å². The zero-order valence-corrected chi connectivity index (χ0v) is 36.1. The molecular weight excluding hydrogens is 731 g/mol. The Morgan fingerprint density at radius 3 is 2.20 bits per heavy atom. The molecular formula is C56H53N3O+2. The summed E-state index contributed by atoms with van der Waals surface area (Å²) in [6, 6.07) is 31.0. The summed E-state index contributed by atoms with van der Waals surface area (Å²) in [4.78, 5) is 0. The van der Waals surface area contributed by atoms with Crippen molar-refractivity contribution in [2.45, 2.75) is 92.3 Å². The third kappa shape index (κ3) is 4.91. The molecule has 5 heterocycles. The number of benzene rings is 6. The molecule has 296 valence electrons. The maximum absolute atomic E-state index is 9.19. The smallest absolute Gasteiger partial charge is 0.392 e. The molecule has 0 fully saturated rings. The van der Waals surface area contributed by atoms with Gasteiger partial charge in [0.25, 0.3) is 0 Å². The molecule has 3 aliphatic rings. The first-order chi connectivity index (χ1) is 31.1. The minimum atomic E-state index is -1.24. The van der Waals surface area contributed by atoms with Gasteiger partial charge < -0.3 is 4.74 Å². The molecule has 60 heavy (non-hydrogen) atoms. The second-order valence-electron chi connectivity index (χ2n) is 18.6. The SMILES string of the molecule is [2H]c1c([2H])c([2H])c(-c2cc[n+]3c(c2)-c2cc(C(C)(C)C)cc4c2C32Oc3c(C)cc(C)cc3-c3n(-c5ccc(-c6c(C(C)C)cccc6C([2H])(C)C)cc5C)c5cccc-4c5[n+]32)c([2H])c1[2H]. The predicted octanol–water partition coefficient (Wildman–Crippen LogP) is 13.2. The second kappa shape index (κ2) is 12.6. The third-order valence-corrected chi connectivity index (χ3v) is 13.1.